The van der Waals surface area contributed by atoms with Crippen LogP contribution in [0.1, 0.15) is 56.1 Å². The second kappa shape index (κ2) is 6.82. The maximum atomic E-state index is 14.1. The Morgan fingerprint density at radius 1 is 0.870 bits per heavy atom. The predicted molar refractivity (Wildman–Crippen MR) is 91.5 cm³/mol. The average Bonchev–Trinajstić information content (AvgIpc) is 2.60. The van der Waals surface area contributed by atoms with Crippen LogP contribution in [0.2, 0.25) is 0 Å². The molecule has 3 rings (SSSR count). The molecule has 1 fully saturated rings. The van der Waals surface area contributed by atoms with Gasteiger partial charge in [0.25, 0.3) is 0 Å². The summed E-state index contributed by atoms with van der Waals surface area (Å²) < 4.78 is 27.9. The lowest BCUT2D eigenvalue weighted by Gasteiger charge is -2.28. The lowest BCUT2D eigenvalue weighted by molar-refractivity contribution is 0.319. The minimum absolute atomic E-state index is 0.342. The first-order valence-corrected chi connectivity index (χ1v) is 8.65. The molecule has 2 heteroatoms. The highest BCUT2D eigenvalue weighted by atomic mass is 19.2. The van der Waals surface area contributed by atoms with Crippen LogP contribution in [0.5, 0.6) is 0 Å². The fraction of sp³-hybridized carbons (Fsp3) is 0.429. The van der Waals surface area contributed by atoms with Crippen LogP contribution in [0, 0.1) is 24.5 Å². The molecule has 1 aliphatic carbocycles. The standard InChI is InChI=1S/C21H24F2/c1-3-15-5-7-16(8-6-15)17-9-11-18(12-10-17)19-13-4-14(2)20(22)21(19)23/h4,9-13,15-16H,3,5-8H2,1-2H3. The molecule has 0 atom stereocenters. The second-order valence-electron chi connectivity index (χ2n) is 6.81. The first-order valence-electron chi connectivity index (χ1n) is 8.65. The van der Waals surface area contributed by atoms with Crippen LogP contribution < -0.4 is 0 Å². The smallest absolute Gasteiger partial charge is 0.166 e. The third-order valence-electron chi connectivity index (χ3n) is 5.39. The van der Waals surface area contributed by atoms with Crippen molar-refractivity contribution in [2.45, 2.75) is 51.9 Å². The van der Waals surface area contributed by atoms with E-state index in [1.54, 1.807) is 19.1 Å². The van der Waals surface area contributed by atoms with Crippen molar-refractivity contribution in [3.8, 4) is 11.1 Å². The predicted octanol–water partition coefficient (Wildman–Crippen LogP) is 6.62. The molecule has 0 heterocycles. The first-order chi connectivity index (χ1) is 11.1. The lowest BCUT2D eigenvalue weighted by Crippen LogP contribution is -2.12. The van der Waals surface area contributed by atoms with Crippen LogP contribution in [0.25, 0.3) is 11.1 Å². The van der Waals surface area contributed by atoms with Gasteiger partial charge >= 0.3 is 0 Å². The summed E-state index contributed by atoms with van der Waals surface area (Å²) in [7, 11) is 0. The van der Waals surface area contributed by atoms with Gasteiger partial charge in [0, 0.05) is 5.56 Å². The van der Waals surface area contributed by atoms with E-state index in [4.69, 9.17) is 0 Å². The number of halogens is 2. The van der Waals surface area contributed by atoms with Crippen molar-refractivity contribution in [3.63, 3.8) is 0 Å². The van der Waals surface area contributed by atoms with Crippen molar-refractivity contribution in [2.75, 3.05) is 0 Å². The molecular weight excluding hydrogens is 290 g/mol. The molecule has 1 aliphatic rings. The maximum absolute atomic E-state index is 14.1. The number of hydrogen-bond acceptors (Lipinski definition) is 0. The number of hydrogen-bond donors (Lipinski definition) is 0. The fourth-order valence-electron chi connectivity index (χ4n) is 3.71. The Kier molecular flexibility index (Phi) is 4.79. The molecule has 0 nitrogen and oxygen atoms in total. The topological polar surface area (TPSA) is 0 Å². The van der Waals surface area contributed by atoms with Crippen LogP contribution in [0.3, 0.4) is 0 Å². The van der Waals surface area contributed by atoms with Crippen LogP contribution in [-0.2, 0) is 0 Å². The zero-order valence-corrected chi connectivity index (χ0v) is 13.9. The minimum atomic E-state index is -0.749. The van der Waals surface area contributed by atoms with Gasteiger partial charge in [0.05, 0.1) is 0 Å². The van der Waals surface area contributed by atoms with Crippen molar-refractivity contribution in [3.05, 3.63) is 59.2 Å². The zero-order valence-electron chi connectivity index (χ0n) is 13.9. The van der Waals surface area contributed by atoms with E-state index in [0.717, 1.165) is 11.5 Å². The van der Waals surface area contributed by atoms with Gasteiger partial charge in [-0.1, -0.05) is 49.7 Å². The van der Waals surface area contributed by atoms with E-state index in [-0.39, 0.29) is 0 Å². The van der Waals surface area contributed by atoms with Crippen molar-refractivity contribution >= 4 is 0 Å². The van der Waals surface area contributed by atoms with Gasteiger partial charge < -0.3 is 0 Å². The van der Waals surface area contributed by atoms with E-state index >= 15 is 0 Å². The van der Waals surface area contributed by atoms with Crippen molar-refractivity contribution in [1.29, 1.82) is 0 Å². The molecule has 0 bridgehead atoms. The van der Waals surface area contributed by atoms with Crippen molar-refractivity contribution < 1.29 is 8.78 Å². The van der Waals surface area contributed by atoms with Crippen LogP contribution >= 0.6 is 0 Å². The molecule has 0 unspecified atom stereocenters. The Hall–Kier alpha value is -1.70. The molecule has 1 saturated carbocycles. The zero-order chi connectivity index (χ0) is 16.4. The molecule has 0 spiro atoms. The fourth-order valence-corrected chi connectivity index (χ4v) is 3.71. The highest BCUT2D eigenvalue weighted by Gasteiger charge is 2.21. The highest BCUT2D eigenvalue weighted by Crippen LogP contribution is 2.37. The minimum Gasteiger partial charge on any atom is -0.203 e. The van der Waals surface area contributed by atoms with Crippen LogP contribution in [0.15, 0.2) is 36.4 Å². The summed E-state index contributed by atoms with van der Waals surface area (Å²) in [5.41, 5.74) is 2.76. The van der Waals surface area contributed by atoms with Gasteiger partial charge in [-0.05, 0) is 61.1 Å². The van der Waals surface area contributed by atoms with E-state index in [1.807, 2.05) is 12.1 Å². The summed E-state index contributed by atoms with van der Waals surface area (Å²) in [6.45, 7) is 3.85. The van der Waals surface area contributed by atoms with Gasteiger partial charge in [-0.2, -0.15) is 0 Å². The van der Waals surface area contributed by atoms with Gasteiger partial charge in [-0.3, -0.25) is 0 Å². The van der Waals surface area contributed by atoms with E-state index < -0.39 is 11.6 Å². The maximum Gasteiger partial charge on any atom is 0.166 e. The Morgan fingerprint density at radius 2 is 1.52 bits per heavy atom. The first kappa shape index (κ1) is 16.2. The van der Waals surface area contributed by atoms with Gasteiger partial charge in [0.1, 0.15) is 0 Å². The average molecular weight is 314 g/mol. The molecule has 0 N–H and O–H groups in total. The highest BCUT2D eigenvalue weighted by molar-refractivity contribution is 5.65. The number of aryl methyl sites for hydroxylation is 1. The molecule has 0 amide bonds. The summed E-state index contributed by atoms with van der Waals surface area (Å²) >= 11 is 0. The Morgan fingerprint density at radius 3 is 2.13 bits per heavy atom. The largest absolute Gasteiger partial charge is 0.203 e. The summed E-state index contributed by atoms with van der Waals surface area (Å²) in [6.07, 6.45) is 6.38. The van der Waals surface area contributed by atoms with Crippen molar-refractivity contribution in [2.24, 2.45) is 5.92 Å². The quantitative estimate of drug-likeness (QED) is 0.597. The van der Waals surface area contributed by atoms with Crippen LogP contribution in [-0.4, -0.2) is 0 Å². The summed E-state index contributed by atoms with van der Waals surface area (Å²) in [5, 5.41) is 0. The molecule has 2 aromatic carbocycles. The lowest BCUT2D eigenvalue weighted by atomic mass is 9.77. The molecular formula is C21H24F2. The monoisotopic (exact) mass is 314 g/mol. The van der Waals surface area contributed by atoms with Gasteiger partial charge in [0.2, 0.25) is 0 Å². The van der Waals surface area contributed by atoms with E-state index in [0.29, 0.717) is 17.0 Å². The van der Waals surface area contributed by atoms with Gasteiger partial charge in [-0.15, -0.1) is 0 Å². The Bertz CT molecular complexity index is 665. The Balaban J connectivity index is 1.79. The van der Waals surface area contributed by atoms with E-state index in [2.05, 4.69) is 19.1 Å². The van der Waals surface area contributed by atoms with Crippen LogP contribution in [0.4, 0.5) is 8.78 Å². The molecule has 0 radical (unpaired) electrons. The summed E-state index contributed by atoms with van der Waals surface area (Å²) in [4.78, 5) is 0. The normalized spacial score (nSPS) is 21.4. The van der Waals surface area contributed by atoms with Gasteiger partial charge in [0.15, 0.2) is 11.6 Å². The summed E-state index contributed by atoms with van der Waals surface area (Å²) in [6, 6.07) is 11.3. The van der Waals surface area contributed by atoms with E-state index in [9.17, 15) is 8.78 Å². The number of rotatable bonds is 3. The van der Waals surface area contributed by atoms with Crippen molar-refractivity contribution in [1.82, 2.24) is 0 Å². The number of benzene rings is 2. The molecule has 0 aliphatic heterocycles. The molecule has 2 aromatic rings. The Labute approximate surface area is 137 Å². The third kappa shape index (κ3) is 3.31. The molecule has 0 saturated heterocycles. The summed E-state index contributed by atoms with van der Waals surface area (Å²) in [5.74, 6) is 0.00673. The third-order valence-corrected chi connectivity index (χ3v) is 5.39. The second-order valence-corrected chi connectivity index (χ2v) is 6.81. The molecule has 0 aromatic heterocycles. The molecule has 122 valence electrons. The molecule has 23 heavy (non-hydrogen) atoms. The van der Waals surface area contributed by atoms with E-state index in [1.165, 1.54) is 37.7 Å². The SMILES string of the molecule is CCC1CCC(c2ccc(-c3ccc(C)c(F)c3F)cc2)CC1. The van der Waals surface area contributed by atoms with Gasteiger partial charge in [-0.25, -0.2) is 8.78 Å².